The van der Waals surface area contributed by atoms with E-state index in [-0.39, 0.29) is 48.6 Å². The molecule has 3 aliphatic heterocycles. The van der Waals surface area contributed by atoms with Crippen LogP contribution in [0.5, 0.6) is 11.8 Å². The molecule has 3 fully saturated rings. The number of aromatic nitrogens is 1. The molecule has 0 radical (unpaired) electrons. The van der Waals surface area contributed by atoms with Gasteiger partial charge in [0.25, 0.3) is 5.91 Å². The van der Waals surface area contributed by atoms with Crippen molar-refractivity contribution in [3.8, 4) is 11.8 Å². The highest BCUT2D eigenvalue weighted by Gasteiger charge is 2.43. The van der Waals surface area contributed by atoms with Crippen molar-refractivity contribution >= 4 is 23.4 Å². The van der Waals surface area contributed by atoms with Crippen molar-refractivity contribution < 1.29 is 32.9 Å². The highest BCUT2D eigenvalue weighted by Crippen LogP contribution is 2.45. The summed E-state index contributed by atoms with van der Waals surface area (Å²) in [7, 11) is 0. The molecule has 0 unspecified atom stereocenters. The van der Waals surface area contributed by atoms with E-state index in [4.69, 9.17) is 23.9 Å². The fourth-order valence-electron chi connectivity index (χ4n) is 8.79. The molecule has 312 valence electrons. The Kier molecular flexibility index (Phi) is 11.8. The first-order valence-electron chi connectivity index (χ1n) is 21.1. The third-order valence-corrected chi connectivity index (χ3v) is 12.0. The maximum absolute atomic E-state index is 16.8. The van der Waals surface area contributed by atoms with Gasteiger partial charge in [-0.3, -0.25) is 14.6 Å². The molecule has 0 bridgehead atoms. The highest BCUT2D eigenvalue weighted by atomic mass is 19.1. The molecule has 2 saturated heterocycles. The molecule has 11 nitrogen and oxygen atoms in total. The maximum atomic E-state index is 16.8. The maximum Gasteiger partial charge on any atom is 0.410 e. The Hall–Kier alpha value is -5.20. The van der Waals surface area contributed by atoms with Gasteiger partial charge in [0.1, 0.15) is 24.5 Å². The summed E-state index contributed by atoms with van der Waals surface area (Å²) in [5.74, 6) is -0.0505. The van der Waals surface area contributed by atoms with Crippen LogP contribution in [0.15, 0.2) is 84.9 Å². The van der Waals surface area contributed by atoms with Gasteiger partial charge in [-0.25, -0.2) is 9.18 Å². The zero-order valence-electron chi connectivity index (χ0n) is 34.8. The molecule has 4 aromatic rings. The second-order valence-electron chi connectivity index (χ2n) is 17.3. The predicted molar refractivity (Wildman–Crippen MR) is 225 cm³/mol. The van der Waals surface area contributed by atoms with Crippen molar-refractivity contribution in [3.05, 3.63) is 113 Å². The summed E-state index contributed by atoms with van der Waals surface area (Å²) in [5, 5.41) is 0. The normalized spacial score (nSPS) is 22.5. The van der Waals surface area contributed by atoms with Crippen LogP contribution >= 0.6 is 0 Å². The third kappa shape index (κ3) is 9.04. The number of fused-ring (bicyclic) bond motifs is 1. The van der Waals surface area contributed by atoms with Crippen molar-refractivity contribution in [2.45, 2.75) is 109 Å². The lowest BCUT2D eigenvalue weighted by molar-refractivity contribution is -0.104. The minimum absolute atomic E-state index is 0.0718. The van der Waals surface area contributed by atoms with Crippen LogP contribution in [-0.2, 0) is 22.7 Å². The lowest BCUT2D eigenvalue weighted by Crippen LogP contribution is -2.59. The summed E-state index contributed by atoms with van der Waals surface area (Å²) in [6, 6.07) is 26.5. The summed E-state index contributed by atoms with van der Waals surface area (Å²) >= 11 is 0. The molecule has 12 heteroatoms. The van der Waals surface area contributed by atoms with Gasteiger partial charge in [0, 0.05) is 62.0 Å². The van der Waals surface area contributed by atoms with Gasteiger partial charge < -0.3 is 28.7 Å². The van der Waals surface area contributed by atoms with Crippen molar-refractivity contribution in [2.24, 2.45) is 0 Å². The predicted octanol–water partition coefficient (Wildman–Crippen LogP) is 8.56. The molecule has 1 aliphatic carbocycles. The van der Waals surface area contributed by atoms with Crippen LogP contribution in [0.3, 0.4) is 0 Å². The fraction of sp³-hybridized carbons (Fsp3) is 0.468. The van der Waals surface area contributed by atoms with Gasteiger partial charge >= 0.3 is 6.09 Å². The first-order valence-corrected chi connectivity index (χ1v) is 21.1. The van der Waals surface area contributed by atoms with Gasteiger partial charge in [-0.2, -0.15) is 4.98 Å². The molecular weight excluding hydrogens is 750 g/mol. The molecule has 2 amide bonds. The van der Waals surface area contributed by atoms with E-state index in [1.54, 1.807) is 34.1 Å². The van der Waals surface area contributed by atoms with Crippen LogP contribution in [0, 0.1) is 5.82 Å². The number of hydrogen-bond acceptors (Lipinski definition) is 9. The number of rotatable bonds is 11. The summed E-state index contributed by atoms with van der Waals surface area (Å²) in [6.45, 7) is 13.9. The molecule has 2 atom stereocenters. The number of piperazine rings is 1. The van der Waals surface area contributed by atoms with Gasteiger partial charge in [-0.15, -0.1) is 0 Å². The van der Waals surface area contributed by atoms with Crippen molar-refractivity contribution in [1.82, 2.24) is 14.8 Å². The number of pyridine rings is 1. The molecule has 59 heavy (non-hydrogen) atoms. The van der Waals surface area contributed by atoms with Crippen LogP contribution in [0.4, 0.5) is 20.6 Å². The Balaban J connectivity index is 0.898. The van der Waals surface area contributed by atoms with Gasteiger partial charge in [0.15, 0.2) is 5.82 Å². The molecule has 1 aromatic heterocycles. The SMILES string of the molecule is C[C@@H]1CN([C@H]2C[C@H](OC3CCN(C(=O)OC(C)(C)C)CC3)C2)CCN1c1ccc2c(c1F)[C@@H](C)N(c1ccc(OCc3ccccc3)nc1OCc1ccccc1)C2=O. The summed E-state index contributed by atoms with van der Waals surface area (Å²) < 4.78 is 41.2. The fourth-order valence-corrected chi connectivity index (χ4v) is 8.79. The largest absolute Gasteiger partial charge is 0.473 e. The minimum atomic E-state index is -0.595. The number of amides is 2. The van der Waals surface area contributed by atoms with Crippen LogP contribution in [0.1, 0.15) is 93.4 Å². The van der Waals surface area contributed by atoms with Crippen LogP contribution in [0.25, 0.3) is 0 Å². The Morgan fingerprint density at radius 2 is 1.44 bits per heavy atom. The second kappa shape index (κ2) is 17.2. The zero-order valence-corrected chi connectivity index (χ0v) is 34.8. The van der Waals surface area contributed by atoms with Crippen molar-refractivity contribution in [1.29, 1.82) is 0 Å². The van der Waals surface area contributed by atoms with Gasteiger partial charge in [0.2, 0.25) is 11.8 Å². The van der Waals surface area contributed by atoms with E-state index in [1.807, 2.05) is 88.4 Å². The number of carbonyl (C=O) groups is 2. The molecule has 4 aliphatic rings. The van der Waals surface area contributed by atoms with Crippen LogP contribution < -0.4 is 19.3 Å². The molecule has 4 heterocycles. The summed E-state index contributed by atoms with van der Waals surface area (Å²) in [5.41, 5.74) is 3.16. The van der Waals surface area contributed by atoms with E-state index < -0.39 is 11.6 Å². The number of ether oxygens (including phenoxy) is 4. The number of hydrogen-bond donors (Lipinski definition) is 0. The van der Waals surface area contributed by atoms with Crippen LogP contribution in [-0.4, -0.2) is 89.4 Å². The molecule has 0 spiro atoms. The van der Waals surface area contributed by atoms with E-state index in [9.17, 15) is 9.59 Å². The Morgan fingerprint density at radius 1 is 0.797 bits per heavy atom. The second-order valence-corrected chi connectivity index (χ2v) is 17.3. The quantitative estimate of drug-likeness (QED) is 0.148. The molecule has 8 rings (SSSR count). The standard InChI is InChI=1S/C47H56FN5O6/c1-31-28-51(35-26-37(27-35)58-36-20-22-50(23-21-36)46(55)59-47(3,4)5)24-25-52(31)39-17-16-38-42(43(39)48)32(2)53(45(38)54)40-18-19-41(56-29-33-12-8-6-9-13-33)49-44(40)57-30-34-14-10-7-11-15-34/h6-19,31-32,35-37H,20-30H2,1-5H3/t31-,32-,35-,37-/m1/s1. The number of piperidine rings is 1. The molecule has 0 N–H and O–H groups in total. The van der Waals surface area contributed by atoms with Gasteiger partial charge in [-0.1, -0.05) is 60.7 Å². The third-order valence-electron chi connectivity index (χ3n) is 12.0. The van der Waals surface area contributed by atoms with Gasteiger partial charge in [0.05, 0.1) is 23.9 Å². The van der Waals surface area contributed by atoms with E-state index in [0.29, 0.717) is 60.7 Å². The number of nitrogens with zero attached hydrogens (tertiary/aromatic N) is 5. The van der Waals surface area contributed by atoms with Crippen LogP contribution in [0.2, 0.25) is 0 Å². The molecule has 1 saturated carbocycles. The van der Waals surface area contributed by atoms with Gasteiger partial charge in [-0.05, 0) is 89.6 Å². The highest BCUT2D eigenvalue weighted by molar-refractivity contribution is 6.12. The smallest absolute Gasteiger partial charge is 0.410 e. The Labute approximate surface area is 347 Å². The average Bonchev–Trinajstić information content (AvgIpc) is 3.47. The lowest BCUT2D eigenvalue weighted by atomic mass is 9.86. The molecular formula is C47H56FN5O6. The Morgan fingerprint density at radius 3 is 2.08 bits per heavy atom. The number of carbonyl (C=O) groups excluding carboxylic acids is 2. The zero-order chi connectivity index (χ0) is 41.3. The number of anilines is 2. The first kappa shape index (κ1) is 40.6. The van der Waals surface area contributed by atoms with Crippen molar-refractivity contribution in [3.63, 3.8) is 0 Å². The number of halogens is 1. The van der Waals surface area contributed by atoms with E-state index in [2.05, 4.69) is 16.7 Å². The number of benzene rings is 3. The lowest BCUT2D eigenvalue weighted by Gasteiger charge is -2.49. The minimum Gasteiger partial charge on any atom is -0.473 e. The summed E-state index contributed by atoms with van der Waals surface area (Å²) in [6.07, 6.45) is 3.73. The average molecular weight is 806 g/mol. The topological polar surface area (TPSA) is 96.9 Å². The molecule has 3 aromatic carbocycles. The van der Waals surface area contributed by atoms with Crippen molar-refractivity contribution in [2.75, 3.05) is 42.5 Å². The van der Waals surface area contributed by atoms with E-state index >= 15 is 4.39 Å². The number of likely N-dealkylation sites (tertiary alicyclic amines) is 1. The Bertz CT molecular complexity index is 2100. The first-order chi connectivity index (χ1) is 28.4. The van der Waals surface area contributed by atoms with E-state index in [1.165, 1.54) is 0 Å². The summed E-state index contributed by atoms with van der Waals surface area (Å²) in [4.78, 5) is 39.3. The monoisotopic (exact) mass is 805 g/mol. The van der Waals surface area contributed by atoms with E-state index in [0.717, 1.165) is 49.9 Å².